The lowest BCUT2D eigenvalue weighted by Crippen LogP contribution is -2.15. The molecule has 0 radical (unpaired) electrons. The van der Waals surface area contributed by atoms with Crippen LogP contribution in [0.15, 0.2) is 73.1 Å². The van der Waals surface area contributed by atoms with Gasteiger partial charge in [-0.3, -0.25) is 0 Å². The van der Waals surface area contributed by atoms with E-state index >= 15 is 0 Å². The fourth-order valence-corrected chi connectivity index (χ4v) is 4.98. The fourth-order valence-electron chi connectivity index (χ4n) is 4.98. The van der Waals surface area contributed by atoms with Gasteiger partial charge < -0.3 is 24.8 Å². The highest BCUT2D eigenvalue weighted by molar-refractivity contribution is 5.96. The van der Waals surface area contributed by atoms with E-state index in [2.05, 4.69) is 25.6 Å². The van der Waals surface area contributed by atoms with Gasteiger partial charge in [0.2, 0.25) is 5.95 Å². The first-order valence-corrected chi connectivity index (χ1v) is 15.0. The van der Waals surface area contributed by atoms with Crippen molar-refractivity contribution >= 4 is 29.2 Å². The van der Waals surface area contributed by atoms with Gasteiger partial charge in [-0.2, -0.15) is 4.98 Å². The van der Waals surface area contributed by atoms with Crippen molar-refractivity contribution < 1.29 is 19.0 Å². The Balaban J connectivity index is 0.00000207. The summed E-state index contributed by atoms with van der Waals surface area (Å²) in [6.07, 6.45) is 9.47. The number of nitrogens with one attached hydrogen (secondary N) is 2. The molecule has 1 aliphatic rings. The summed E-state index contributed by atoms with van der Waals surface area (Å²) >= 11 is 0. The van der Waals surface area contributed by atoms with E-state index in [-0.39, 0.29) is 23.9 Å². The maximum absolute atomic E-state index is 12.8. The van der Waals surface area contributed by atoms with Crippen LogP contribution in [0.25, 0.3) is 11.1 Å². The molecule has 0 amide bonds. The van der Waals surface area contributed by atoms with Crippen molar-refractivity contribution in [2.24, 2.45) is 5.92 Å². The van der Waals surface area contributed by atoms with Gasteiger partial charge in [-0.25, -0.2) is 14.8 Å². The summed E-state index contributed by atoms with van der Waals surface area (Å²) < 4.78 is 17.3. The third kappa shape index (κ3) is 8.44. The predicted octanol–water partition coefficient (Wildman–Crippen LogP) is 8.20. The smallest absolute Gasteiger partial charge is 0.343 e. The minimum absolute atomic E-state index is 0.198. The molecule has 43 heavy (non-hydrogen) atoms. The Morgan fingerprint density at radius 3 is 2.51 bits per heavy atom. The first kappa shape index (κ1) is 31.3. The maximum atomic E-state index is 12.8. The summed E-state index contributed by atoms with van der Waals surface area (Å²) in [5, 5.41) is 6.35. The number of nitrogens with zero attached hydrogens (tertiary/aromatic N) is 3. The molecule has 5 rings (SSSR count). The molecular weight excluding hydrogens is 542 g/mol. The number of carbonyl (C=O) groups is 1. The molecule has 0 atom stereocenters. The van der Waals surface area contributed by atoms with Gasteiger partial charge >= 0.3 is 5.97 Å². The van der Waals surface area contributed by atoms with Crippen molar-refractivity contribution in [2.45, 2.75) is 52.9 Å². The lowest BCUT2D eigenvalue weighted by Gasteiger charge is -2.22. The number of carbonyl (C=O) groups excluding carboxylic acids is 1. The number of pyridine rings is 1. The molecule has 0 aliphatic heterocycles. The average Bonchev–Trinajstić information content (AvgIpc) is 3.06. The molecule has 2 aromatic carbocycles. The van der Waals surface area contributed by atoms with E-state index in [9.17, 15) is 4.79 Å². The van der Waals surface area contributed by atoms with Crippen molar-refractivity contribution in [2.75, 3.05) is 31.0 Å². The summed E-state index contributed by atoms with van der Waals surface area (Å²) in [6, 6.07) is 19.3. The van der Waals surface area contributed by atoms with Crippen LogP contribution in [0.3, 0.4) is 0 Å². The molecule has 0 saturated heterocycles. The Morgan fingerprint density at radius 2 is 1.77 bits per heavy atom. The van der Waals surface area contributed by atoms with Crippen molar-refractivity contribution in [1.82, 2.24) is 15.0 Å². The molecule has 1 aliphatic carbocycles. The van der Waals surface area contributed by atoms with E-state index in [1.165, 1.54) is 38.3 Å². The molecule has 1 fully saturated rings. The van der Waals surface area contributed by atoms with E-state index in [0.717, 1.165) is 23.5 Å². The van der Waals surface area contributed by atoms with E-state index in [1.54, 1.807) is 26.3 Å². The van der Waals surface area contributed by atoms with Crippen LogP contribution in [0.5, 0.6) is 11.5 Å². The minimum Gasteiger partial charge on any atom is -0.494 e. The number of hydrogen-bond donors (Lipinski definition) is 2. The fraction of sp³-hybridized carbons (Fsp3) is 0.353. The summed E-state index contributed by atoms with van der Waals surface area (Å²) in [5.74, 6) is 2.65. The topological polar surface area (TPSA) is 107 Å². The Labute approximate surface area is 254 Å². The number of ether oxygens (including phenoxy) is 3. The number of rotatable bonds is 11. The number of para-hydroxylation sites is 1. The van der Waals surface area contributed by atoms with Gasteiger partial charge in [-0.1, -0.05) is 63.4 Å². The van der Waals surface area contributed by atoms with Crippen LogP contribution in [0.1, 0.15) is 63.2 Å². The van der Waals surface area contributed by atoms with Gasteiger partial charge in [0, 0.05) is 18.0 Å². The Morgan fingerprint density at radius 1 is 0.953 bits per heavy atom. The quantitative estimate of drug-likeness (QED) is 0.169. The number of anilines is 4. The highest BCUT2D eigenvalue weighted by Gasteiger charge is 2.20. The Hall–Kier alpha value is -4.66. The van der Waals surface area contributed by atoms with Gasteiger partial charge in [0.1, 0.15) is 22.9 Å². The highest BCUT2D eigenvalue weighted by atomic mass is 16.5. The number of methoxy groups -OCH3 is 1. The zero-order chi connectivity index (χ0) is 30.4. The van der Waals surface area contributed by atoms with Crippen LogP contribution in [-0.2, 0) is 4.74 Å². The molecule has 9 nitrogen and oxygen atoms in total. The largest absolute Gasteiger partial charge is 0.494 e. The molecule has 2 N–H and O–H groups in total. The van der Waals surface area contributed by atoms with Gasteiger partial charge in [0.15, 0.2) is 5.82 Å². The highest BCUT2D eigenvalue weighted by Crippen LogP contribution is 2.39. The molecule has 0 unspecified atom stereocenters. The molecule has 2 aromatic heterocycles. The van der Waals surface area contributed by atoms with Crippen LogP contribution >= 0.6 is 0 Å². The summed E-state index contributed by atoms with van der Waals surface area (Å²) in [6.45, 7) is 6.72. The van der Waals surface area contributed by atoms with Gasteiger partial charge in [-0.05, 0) is 61.6 Å². The standard InChI is InChI=1S/C32H35N5O4.C2H6/c1-3-40-31(38)26-20-34-32(36-28-17-7-8-18-33-28)37-30(26)35-27-16-10-15-25(29(27)39-2)23-13-9-14-24(19-23)41-21-22-11-5-4-6-12-22;1-2/h7-10,13-20,22H,3-6,11-12,21H2,1-2H3,(H2,33,34,35,36,37);1-2H3. The van der Waals surface area contributed by atoms with E-state index in [4.69, 9.17) is 14.2 Å². The van der Waals surface area contributed by atoms with Crippen LogP contribution in [-0.4, -0.2) is 41.2 Å². The van der Waals surface area contributed by atoms with Crippen molar-refractivity contribution in [1.29, 1.82) is 0 Å². The zero-order valence-electron chi connectivity index (χ0n) is 25.4. The van der Waals surface area contributed by atoms with E-state index in [1.807, 2.05) is 68.4 Å². The summed E-state index contributed by atoms with van der Waals surface area (Å²) in [4.78, 5) is 25.9. The van der Waals surface area contributed by atoms with Crippen molar-refractivity contribution in [3.63, 3.8) is 0 Å². The number of aromatic nitrogens is 3. The number of benzene rings is 2. The van der Waals surface area contributed by atoms with Gasteiger partial charge in [-0.15, -0.1) is 0 Å². The second-order valence-corrected chi connectivity index (χ2v) is 9.87. The Kier molecular flexibility index (Phi) is 11.7. The molecular formula is C34H41N5O4. The lowest BCUT2D eigenvalue weighted by molar-refractivity contribution is 0.0526. The third-order valence-electron chi connectivity index (χ3n) is 7.02. The normalized spacial score (nSPS) is 12.8. The molecule has 2 heterocycles. The number of esters is 1. The van der Waals surface area contributed by atoms with Crippen molar-refractivity contribution in [3.8, 4) is 22.6 Å². The molecule has 1 saturated carbocycles. The van der Waals surface area contributed by atoms with Gasteiger partial charge in [0.25, 0.3) is 0 Å². The minimum atomic E-state index is -0.530. The second-order valence-electron chi connectivity index (χ2n) is 9.87. The molecule has 0 bridgehead atoms. The third-order valence-corrected chi connectivity index (χ3v) is 7.02. The average molecular weight is 584 g/mol. The number of hydrogen-bond acceptors (Lipinski definition) is 9. The predicted molar refractivity (Wildman–Crippen MR) is 171 cm³/mol. The molecule has 0 spiro atoms. The van der Waals surface area contributed by atoms with Gasteiger partial charge in [0.05, 0.1) is 26.0 Å². The summed E-state index contributed by atoms with van der Waals surface area (Å²) in [7, 11) is 1.62. The van der Waals surface area contributed by atoms with Crippen LogP contribution in [0, 0.1) is 5.92 Å². The second kappa shape index (κ2) is 16.1. The van der Waals surface area contributed by atoms with Crippen LogP contribution < -0.4 is 20.1 Å². The first-order chi connectivity index (χ1) is 21.1. The molecule has 4 aromatic rings. The molecule has 226 valence electrons. The Bertz CT molecular complexity index is 1460. The zero-order valence-corrected chi connectivity index (χ0v) is 25.4. The van der Waals surface area contributed by atoms with E-state index in [0.29, 0.717) is 23.2 Å². The van der Waals surface area contributed by atoms with Crippen molar-refractivity contribution in [3.05, 3.63) is 78.6 Å². The SMILES string of the molecule is CC.CCOC(=O)c1cnc(Nc2ccccn2)nc1Nc1cccc(-c2cccc(OCC3CCCCC3)c2)c1OC. The molecule has 9 heteroatoms. The maximum Gasteiger partial charge on any atom is 0.343 e. The monoisotopic (exact) mass is 583 g/mol. The summed E-state index contributed by atoms with van der Waals surface area (Å²) in [5.41, 5.74) is 2.66. The lowest BCUT2D eigenvalue weighted by atomic mass is 9.90. The van der Waals surface area contributed by atoms with Crippen LogP contribution in [0.4, 0.5) is 23.3 Å². The van der Waals surface area contributed by atoms with Crippen LogP contribution in [0.2, 0.25) is 0 Å². The van der Waals surface area contributed by atoms with E-state index < -0.39 is 5.97 Å². The first-order valence-electron chi connectivity index (χ1n) is 15.0.